The third-order valence-corrected chi connectivity index (χ3v) is 3.78. The SMILES string of the molecule is COCCN(CCO)C(=O)CC1(CS)CC1. The van der Waals surface area contributed by atoms with Crippen LogP contribution in [0.3, 0.4) is 0 Å². The molecule has 1 rings (SSSR count). The summed E-state index contributed by atoms with van der Waals surface area (Å²) in [6.07, 6.45) is 2.75. The standard InChI is InChI=1S/C11H21NO3S/c1-15-7-5-12(4-6-13)10(14)8-11(9-16)2-3-11/h13,16H,2-9H2,1H3. The van der Waals surface area contributed by atoms with Crippen LogP contribution in [0.25, 0.3) is 0 Å². The molecular weight excluding hydrogens is 226 g/mol. The average Bonchev–Trinajstić information content (AvgIpc) is 3.04. The van der Waals surface area contributed by atoms with Gasteiger partial charge in [0.25, 0.3) is 0 Å². The van der Waals surface area contributed by atoms with Crippen LogP contribution in [0.4, 0.5) is 0 Å². The van der Waals surface area contributed by atoms with E-state index in [0.29, 0.717) is 26.1 Å². The summed E-state index contributed by atoms with van der Waals surface area (Å²) in [4.78, 5) is 13.7. The van der Waals surface area contributed by atoms with Gasteiger partial charge in [-0.25, -0.2) is 0 Å². The van der Waals surface area contributed by atoms with E-state index in [1.165, 1.54) is 0 Å². The largest absolute Gasteiger partial charge is 0.395 e. The number of ether oxygens (including phenoxy) is 1. The number of hydrogen-bond acceptors (Lipinski definition) is 4. The Labute approximate surface area is 102 Å². The van der Waals surface area contributed by atoms with E-state index < -0.39 is 0 Å². The Balaban J connectivity index is 2.40. The summed E-state index contributed by atoms with van der Waals surface area (Å²) in [5.74, 6) is 0.883. The number of rotatable bonds is 8. The highest BCUT2D eigenvalue weighted by Crippen LogP contribution is 2.49. The van der Waals surface area contributed by atoms with E-state index in [9.17, 15) is 4.79 Å². The third kappa shape index (κ3) is 3.96. The first kappa shape index (κ1) is 13.8. The molecule has 4 nitrogen and oxygen atoms in total. The second kappa shape index (κ2) is 6.47. The maximum atomic E-state index is 12.0. The number of amides is 1. The van der Waals surface area contributed by atoms with E-state index >= 15 is 0 Å². The number of hydrogen-bond donors (Lipinski definition) is 2. The zero-order valence-corrected chi connectivity index (χ0v) is 10.7. The summed E-state index contributed by atoms with van der Waals surface area (Å²) in [6.45, 7) is 1.46. The van der Waals surface area contributed by atoms with E-state index in [2.05, 4.69) is 12.6 Å². The topological polar surface area (TPSA) is 49.8 Å². The molecule has 16 heavy (non-hydrogen) atoms. The predicted octanol–water partition coefficient (Wildman–Crippen LogP) is 0.554. The quantitative estimate of drug-likeness (QED) is 0.616. The Hall–Kier alpha value is -0.260. The number of thiol groups is 1. The normalized spacial score (nSPS) is 17.2. The van der Waals surface area contributed by atoms with Crippen molar-refractivity contribution in [2.45, 2.75) is 19.3 Å². The fourth-order valence-electron chi connectivity index (χ4n) is 1.68. The highest BCUT2D eigenvalue weighted by Gasteiger charge is 2.43. The second-order valence-electron chi connectivity index (χ2n) is 4.43. The molecule has 5 heteroatoms. The molecule has 0 aromatic carbocycles. The van der Waals surface area contributed by atoms with Crippen LogP contribution in [-0.2, 0) is 9.53 Å². The van der Waals surface area contributed by atoms with E-state index in [1.807, 2.05) is 0 Å². The molecule has 0 aromatic rings. The second-order valence-corrected chi connectivity index (χ2v) is 4.75. The molecule has 1 fully saturated rings. The van der Waals surface area contributed by atoms with Gasteiger partial charge in [-0.05, 0) is 24.0 Å². The van der Waals surface area contributed by atoms with Crippen molar-refractivity contribution in [1.29, 1.82) is 0 Å². The summed E-state index contributed by atoms with van der Waals surface area (Å²) in [7, 11) is 1.61. The zero-order chi connectivity index (χ0) is 12.0. The lowest BCUT2D eigenvalue weighted by molar-refractivity contribution is -0.133. The summed E-state index contributed by atoms with van der Waals surface area (Å²) < 4.78 is 4.95. The van der Waals surface area contributed by atoms with Crippen LogP contribution in [0.5, 0.6) is 0 Å². The van der Waals surface area contributed by atoms with Gasteiger partial charge in [0.05, 0.1) is 13.2 Å². The lowest BCUT2D eigenvalue weighted by Crippen LogP contribution is -2.37. The maximum absolute atomic E-state index is 12.0. The summed E-state index contributed by atoms with van der Waals surface area (Å²) in [6, 6.07) is 0. The molecule has 0 atom stereocenters. The van der Waals surface area contributed by atoms with Crippen molar-refractivity contribution >= 4 is 18.5 Å². The Bertz CT molecular complexity index is 231. The van der Waals surface area contributed by atoms with Crippen molar-refractivity contribution in [2.24, 2.45) is 5.41 Å². The van der Waals surface area contributed by atoms with E-state index in [1.54, 1.807) is 12.0 Å². The van der Waals surface area contributed by atoms with Gasteiger partial charge in [-0.1, -0.05) is 0 Å². The van der Waals surface area contributed by atoms with Gasteiger partial charge in [-0.15, -0.1) is 0 Å². The molecule has 1 aliphatic carbocycles. The van der Waals surface area contributed by atoms with Crippen LogP contribution >= 0.6 is 12.6 Å². The van der Waals surface area contributed by atoms with Crippen molar-refractivity contribution in [1.82, 2.24) is 4.90 Å². The molecule has 0 aliphatic heterocycles. The average molecular weight is 247 g/mol. The molecule has 1 amide bonds. The lowest BCUT2D eigenvalue weighted by Gasteiger charge is -2.23. The molecule has 0 unspecified atom stereocenters. The molecule has 1 saturated carbocycles. The van der Waals surface area contributed by atoms with Crippen LogP contribution in [0, 0.1) is 5.41 Å². The Morgan fingerprint density at radius 2 is 2.19 bits per heavy atom. The smallest absolute Gasteiger partial charge is 0.223 e. The van der Waals surface area contributed by atoms with E-state index in [-0.39, 0.29) is 17.9 Å². The highest BCUT2D eigenvalue weighted by molar-refractivity contribution is 7.80. The van der Waals surface area contributed by atoms with Crippen molar-refractivity contribution in [2.75, 3.05) is 39.2 Å². The van der Waals surface area contributed by atoms with Crippen LogP contribution < -0.4 is 0 Å². The van der Waals surface area contributed by atoms with Crippen LogP contribution in [0.1, 0.15) is 19.3 Å². The lowest BCUT2D eigenvalue weighted by atomic mass is 10.0. The molecule has 0 heterocycles. The summed E-state index contributed by atoms with van der Waals surface area (Å²) in [5.41, 5.74) is 0.140. The van der Waals surface area contributed by atoms with Gasteiger partial charge in [0.1, 0.15) is 0 Å². The minimum absolute atomic E-state index is 0.00330. The fraction of sp³-hybridized carbons (Fsp3) is 0.909. The third-order valence-electron chi connectivity index (χ3n) is 3.11. The van der Waals surface area contributed by atoms with Crippen molar-refractivity contribution in [3.05, 3.63) is 0 Å². The van der Waals surface area contributed by atoms with Crippen LogP contribution in [0.2, 0.25) is 0 Å². The van der Waals surface area contributed by atoms with Gasteiger partial charge < -0.3 is 14.7 Å². The maximum Gasteiger partial charge on any atom is 0.223 e. The summed E-state index contributed by atoms with van der Waals surface area (Å²) >= 11 is 4.28. The number of nitrogens with zero attached hydrogens (tertiary/aromatic N) is 1. The first-order chi connectivity index (χ1) is 7.67. The molecule has 0 spiro atoms. The first-order valence-corrected chi connectivity index (χ1v) is 6.29. The minimum Gasteiger partial charge on any atom is -0.395 e. The number of aliphatic hydroxyl groups excluding tert-OH is 1. The van der Waals surface area contributed by atoms with Gasteiger partial charge in [0, 0.05) is 26.6 Å². The molecule has 0 bridgehead atoms. The van der Waals surface area contributed by atoms with Gasteiger partial charge in [-0.2, -0.15) is 12.6 Å². The molecule has 94 valence electrons. The predicted molar refractivity (Wildman–Crippen MR) is 65.7 cm³/mol. The van der Waals surface area contributed by atoms with Crippen molar-refractivity contribution < 1.29 is 14.6 Å². The molecule has 1 aliphatic rings. The Morgan fingerprint density at radius 1 is 1.50 bits per heavy atom. The zero-order valence-electron chi connectivity index (χ0n) is 9.81. The van der Waals surface area contributed by atoms with Crippen molar-refractivity contribution in [3.63, 3.8) is 0 Å². The minimum atomic E-state index is 0.00330. The molecule has 0 saturated heterocycles. The molecule has 0 radical (unpaired) electrons. The molecule has 1 N–H and O–H groups in total. The van der Waals surface area contributed by atoms with Gasteiger partial charge in [-0.3, -0.25) is 4.79 Å². The highest BCUT2D eigenvalue weighted by atomic mass is 32.1. The van der Waals surface area contributed by atoms with E-state index in [0.717, 1.165) is 18.6 Å². The molecule has 0 aromatic heterocycles. The summed E-state index contributed by atoms with van der Waals surface area (Å²) in [5, 5.41) is 8.91. The van der Waals surface area contributed by atoms with Gasteiger partial charge in [0.2, 0.25) is 5.91 Å². The Morgan fingerprint density at radius 3 is 2.62 bits per heavy atom. The fourth-order valence-corrected chi connectivity index (χ4v) is 2.11. The monoisotopic (exact) mass is 247 g/mol. The molecular formula is C11H21NO3S. The number of methoxy groups -OCH3 is 1. The first-order valence-electron chi connectivity index (χ1n) is 5.66. The van der Waals surface area contributed by atoms with Crippen molar-refractivity contribution in [3.8, 4) is 0 Å². The van der Waals surface area contributed by atoms with Crippen LogP contribution in [-0.4, -0.2) is 55.1 Å². The number of aliphatic hydroxyl groups is 1. The van der Waals surface area contributed by atoms with Crippen LogP contribution in [0.15, 0.2) is 0 Å². The van der Waals surface area contributed by atoms with Gasteiger partial charge >= 0.3 is 0 Å². The van der Waals surface area contributed by atoms with Gasteiger partial charge in [0.15, 0.2) is 0 Å². The number of carbonyl (C=O) groups excluding carboxylic acids is 1. The van der Waals surface area contributed by atoms with E-state index in [4.69, 9.17) is 9.84 Å². The number of carbonyl (C=O) groups is 1. The Kier molecular flexibility index (Phi) is 5.58.